The van der Waals surface area contributed by atoms with Crippen molar-refractivity contribution in [2.45, 2.75) is 38.4 Å². The highest BCUT2D eigenvalue weighted by atomic mass is 127. The molecule has 1 atom stereocenters. The zero-order chi connectivity index (χ0) is 10.1. The fourth-order valence-electron chi connectivity index (χ4n) is 1.41. The summed E-state index contributed by atoms with van der Waals surface area (Å²) in [5.41, 5.74) is 0. The minimum atomic E-state index is 0.0710. The van der Waals surface area contributed by atoms with Gasteiger partial charge in [-0.1, -0.05) is 34.7 Å². The normalized spacial score (nSPS) is 23.1. The minimum absolute atomic E-state index is 0.0710. The first-order valence-corrected chi connectivity index (χ1v) is 6.90. The van der Waals surface area contributed by atoms with Crippen LogP contribution < -0.4 is 0 Å². The van der Waals surface area contributed by atoms with Crippen LogP contribution in [-0.4, -0.2) is 23.9 Å². The van der Waals surface area contributed by atoms with Crippen molar-refractivity contribution in [3.8, 4) is 0 Å². The number of hydrogen-bond acceptors (Lipinski definition) is 2. The Morgan fingerprint density at radius 3 is 2.86 bits per heavy atom. The Morgan fingerprint density at radius 2 is 2.14 bits per heavy atom. The highest BCUT2D eigenvalue weighted by Gasteiger charge is 2.12. The summed E-state index contributed by atoms with van der Waals surface area (Å²) >= 11 is 2.38. The second-order valence-electron chi connectivity index (χ2n) is 3.40. The molecule has 0 aromatic rings. The lowest BCUT2D eigenvalue weighted by Gasteiger charge is -2.22. The maximum Gasteiger partial charge on any atom is 0.157 e. The van der Waals surface area contributed by atoms with E-state index < -0.39 is 0 Å². The third kappa shape index (κ3) is 5.98. The minimum Gasteiger partial charge on any atom is -0.353 e. The van der Waals surface area contributed by atoms with Crippen molar-refractivity contribution in [1.29, 1.82) is 0 Å². The van der Waals surface area contributed by atoms with Gasteiger partial charge in [-0.2, -0.15) is 0 Å². The van der Waals surface area contributed by atoms with Crippen LogP contribution in [0.3, 0.4) is 0 Å². The van der Waals surface area contributed by atoms with Gasteiger partial charge in [0.05, 0.1) is 6.61 Å². The molecule has 1 fully saturated rings. The lowest BCUT2D eigenvalue weighted by atomic mass is 10.2. The van der Waals surface area contributed by atoms with Crippen LogP contribution in [0.1, 0.15) is 32.1 Å². The molecule has 0 radical (unpaired) electrons. The largest absolute Gasteiger partial charge is 0.353 e. The monoisotopic (exact) mass is 310 g/mol. The molecule has 0 saturated carbocycles. The first-order chi connectivity index (χ1) is 6.93. The van der Waals surface area contributed by atoms with Gasteiger partial charge in [0.25, 0.3) is 0 Å². The third-order valence-corrected chi connectivity index (χ3v) is 2.79. The molecule has 1 aliphatic heterocycles. The topological polar surface area (TPSA) is 18.5 Å². The molecule has 0 aromatic carbocycles. The average Bonchev–Trinajstić information content (AvgIpc) is 2.25. The standard InChI is InChI=1S/C11H19IO2/c12-8-4-1-2-5-9-13-11-7-3-6-10-14-11/h1-2,11H,3-10H2/b2-1+. The van der Waals surface area contributed by atoms with Gasteiger partial charge in [-0.15, -0.1) is 0 Å². The van der Waals surface area contributed by atoms with Gasteiger partial charge in [-0.25, -0.2) is 0 Å². The number of halogens is 1. The summed E-state index contributed by atoms with van der Waals surface area (Å²) in [5.74, 6) is 0. The molecule has 0 aliphatic carbocycles. The van der Waals surface area contributed by atoms with Crippen molar-refractivity contribution in [1.82, 2.24) is 0 Å². The molecule has 1 unspecified atom stereocenters. The molecular weight excluding hydrogens is 291 g/mol. The zero-order valence-electron chi connectivity index (χ0n) is 8.58. The van der Waals surface area contributed by atoms with Crippen molar-refractivity contribution in [2.24, 2.45) is 0 Å². The molecule has 2 nitrogen and oxygen atoms in total. The van der Waals surface area contributed by atoms with E-state index in [0.717, 1.165) is 26.1 Å². The van der Waals surface area contributed by atoms with E-state index in [-0.39, 0.29) is 6.29 Å². The van der Waals surface area contributed by atoms with E-state index in [4.69, 9.17) is 9.47 Å². The fraction of sp³-hybridized carbons (Fsp3) is 0.818. The Balaban J connectivity index is 1.92. The van der Waals surface area contributed by atoms with Gasteiger partial charge in [0.1, 0.15) is 0 Å². The lowest BCUT2D eigenvalue weighted by Crippen LogP contribution is -2.22. The summed E-state index contributed by atoms with van der Waals surface area (Å²) in [4.78, 5) is 0. The van der Waals surface area contributed by atoms with Crippen LogP contribution in [0.15, 0.2) is 12.2 Å². The Labute approximate surface area is 100 Å². The van der Waals surface area contributed by atoms with Crippen LogP contribution in [0.25, 0.3) is 0 Å². The summed E-state index contributed by atoms with van der Waals surface area (Å²) < 4.78 is 12.2. The van der Waals surface area contributed by atoms with E-state index in [1.807, 2.05) is 0 Å². The second-order valence-corrected chi connectivity index (χ2v) is 4.48. The molecule has 0 aromatic heterocycles. The van der Waals surface area contributed by atoms with Crippen LogP contribution in [0, 0.1) is 0 Å². The summed E-state index contributed by atoms with van der Waals surface area (Å²) in [6, 6.07) is 0. The van der Waals surface area contributed by atoms with Crippen LogP contribution in [0.4, 0.5) is 0 Å². The van der Waals surface area contributed by atoms with Crippen LogP contribution in [-0.2, 0) is 9.47 Å². The predicted molar refractivity (Wildman–Crippen MR) is 66.8 cm³/mol. The van der Waals surface area contributed by atoms with E-state index in [1.165, 1.54) is 23.7 Å². The number of alkyl halides is 1. The first-order valence-electron chi connectivity index (χ1n) is 5.37. The molecule has 1 rings (SSSR count). The molecule has 0 bridgehead atoms. The number of hydrogen-bond donors (Lipinski definition) is 0. The van der Waals surface area contributed by atoms with Gasteiger partial charge in [-0.3, -0.25) is 0 Å². The fourth-order valence-corrected chi connectivity index (χ4v) is 1.77. The number of ether oxygens (including phenoxy) is 2. The number of rotatable bonds is 6. The highest BCUT2D eigenvalue weighted by molar-refractivity contribution is 14.1. The predicted octanol–water partition coefficient (Wildman–Crippen LogP) is 3.30. The summed E-state index contributed by atoms with van der Waals surface area (Å²) in [6.45, 7) is 1.66. The molecule has 1 saturated heterocycles. The van der Waals surface area contributed by atoms with Crippen molar-refractivity contribution in [2.75, 3.05) is 17.6 Å². The van der Waals surface area contributed by atoms with Crippen molar-refractivity contribution in [3.63, 3.8) is 0 Å². The van der Waals surface area contributed by atoms with Gasteiger partial charge in [0.2, 0.25) is 0 Å². The maximum atomic E-state index is 5.59. The zero-order valence-corrected chi connectivity index (χ0v) is 10.7. The molecule has 1 heterocycles. The van der Waals surface area contributed by atoms with Crippen LogP contribution in [0.5, 0.6) is 0 Å². The molecule has 1 aliphatic rings. The van der Waals surface area contributed by atoms with E-state index in [0.29, 0.717) is 0 Å². The van der Waals surface area contributed by atoms with E-state index in [1.54, 1.807) is 0 Å². The highest BCUT2D eigenvalue weighted by Crippen LogP contribution is 2.13. The van der Waals surface area contributed by atoms with E-state index in [2.05, 4.69) is 34.7 Å². The Hall–Kier alpha value is 0.390. The van der Waals surface area contributed by atoms with Crippen LogP contribution >= 0.6 is 22.6 Å². The summed E-state index contributed by atoms with van der Waals surface area (Å²) in [6.07, 6.45) is 10.2. The van der Waals surface area contributed by atoms with Crippen molar-refractivity contribution < 1.29 is 9.47 Å². The number of allylic oxidation sites excluding steroid dienone is 1. The molecule has 82 valence electrons. The maximum absolute atomic E-state index is 5.59. The summed E-state index contributed by atoms with van der Waals surface area (Å²) in [5, 5.41) is 0. The Morgan fingerprint density at radius 1 is 1.29 bits per heavy atom. The lowest BCUT2D eigenvalue weighted by molar-refractivity contribution is -0.161. The quantitative estimate of drug-likeness (QED) is 0.324. The van der Waals surface area contributed by atoms with Gasteiger partial charge in [-0.05, 0) is 32.1 Å². The Bertz CT molecular complexity index is 153. The van der Waals surface area contributed by atoms with Gasteiger partial charge in [0.15, 0.2) is 6.29 Å². The molecule has 14 heavy (non-hydrogen) atoms. The van der Waals surface area contributed by atoms with Gasteiger partial charge < -0.3 is 9.47 Å². The van der Waals surface area contributed by atoms with Crippen molar-refractivity contribution >= 4 is 22.6 Å². The smallest absolute Gasteiger partial charge is 0.157 e. The molecular formula is C11H19IO2. The second kappa shape index (κ2) is 8.68. The van der Waals surface area contributed by atoms with Gasteiger partial charge >= 0.3 is 0 Å². The third-order valence-electron chi connectivity index (χ3n) is 2.17. The van der Waals surface area contributed by atoms with Crippen molar-refractivity contribution in [3.05, 3.63) is 12.2 Å². The molecule has 0 N–H and O–H groups in total. The van der Waals surface area contributed by atoms with Crippen LogP contribution in [0.2, 0.25) is 0 Å². The molecule has 0 spiro atoms. The SMILES string of the molecule is ICC/C=C/CCOC1CCCCO1. The van der Waals surface area contributed by atoms with E-state index >= 15 is 0 Å². The molecule has 3 heteroatoms. The molecule has 0 amide bonds. The average molecular weight is 310 g/mol. The summed E-state index contributed by atoms with van der Waals surface area (Å²) in [7, 11) is 0. The Kier molecular flexibility index (Phi) is 7.72. The van der Waals surface area contributed by atoms with E-state index in [9.17, 15) is 0 Å². The van der Waals surface area contributed by atoms with Gasteiger partial charge in [0, 0.05) is 11.0 Å². The first kappa shape index (κ1) is 12.5.